The van der Waals surface area contributed by atoms with Gasteiger partial charge in [-0.15, -0.1) is 0 Å². The van der Waals surface area contributed by atoms with Crippen molar-refractivity contribution in [3.05, 3.63) is 94.6 Å². The van der Waals surface area contributed by atoms with Crippen LogP contribution in [0, 0.1) is 0 Å². The zero-order valence-electron chi connectivity index (χ0n) is 17.3. The fourth-order valence-electron chi connectivity index (χ4n) is 4.09. The number of hydrogen-bond acceptors (Lipinski definition) is 4. The quantitative estimate of drug-likeness (QED) is 0.442. The van der Waals surface area contributed by atoms with Gasteiger partial charge >= 0.3 is 0 Å². The lowest BCUT2D eigenvalue weighted by molar-refractivity contribution is -0.0210. The summed E-state index contributed by atoms with van der Waals surface area (Å²) >= 11 is 7.39. The van der Waals surface area contributed by atoms with E-state index in [-0.39, 0.29) is 5.91 Å². The van der Waals surface area contributed by atoms with E-state index >= 15 is 0 Å². The summed E-state index contributed by atoms with van der Waals surface area (Å²) < 4.78 is 1.92. The number of amides is 1. The lowest BCUT2D eigenvalue weighted by Gasteiger charge is -2.38. The third-order valence-electron chi connectivity index (χ3n) is 5.94. The number of nitrogens with zero attached hydrogens (tertiary/aromatic N) is 3. The van der Waals surface area contributed by atoms with Crippen molar-refractivity contribution in [3.8, 4) is 16.4 Å². The first-order valence-corrected chi connectivity index (χ1v) is 11.7. The zero-order chi connectivity index (χ0) is 22.1. The maximum atomic E-state index is 13.6. The fraction of sp³-hybridized carbons (Fsp3) is 0.200. The molecule has 0 radical (unpaired) electrons. The Morgan fingerprint density at radius 3 is 2.28 bits per heavy atom. The summed E-state index contributed by atoms with van der Waals surface area (Å²) in [7, 11) is 0. The number of benzene rings is 2. The molecule has 0 unspecified atom stereocenters. The molecule has 2 aromatic carbocycles. The molecule has 1 aliphatic heterocycles. The summed E-state index contributed by atoms with van der Waals surface area (Å²) in [6.07, 6.45) is 4.80. The molecular weight excluding hydrogens is 442 g/mol. The van der Waals surface area contributed by atoms with Gasteiger partial charge in [-0.25, -0.2) is 4.98 Å². The smallest absolute Gasteiger partial charge is 0.266 e. The van der Waals surface area contributed by atoms with Crippen LogP contribution in [-0.4, -0.2) is 38.6 Å². The van der Waals surface area contributed by atoms with E-state index in [0.717, 1.165) is 16.3 Å². The van der Waals surface area contributed by atoms with E-state index in [0.29, 0.717) is 41.5 Å². The van der Waals surface area contributed by atoms with Crippen molar-refractivity contribution in [2.75, 3.05) is 13.1 Å². The Morgan fingerprint density at radius 2 is 1.62 bits per heavy atom. The Labute approximate surface area is 195 Å². The van der Waals surface area contributed by atoms with Crippen LogP contribution in [0.3, 0.4) is 0 Å². The number of rotatable bonds is 4. The van der Waals surface area contributed by atoms with Crippen LogP contribution in [0.2, 0.25) is 5.02 Å². The number of carbonyl (C=O) groups excluding carboxylic acids is 1. The van der Waals surface area contributed by atoms with Gasteiger partial charge in [0, 0.05) is 36.1 Å². The van der Waals surface area contributed by atoms with Crippen LogP contribution < -0.4 is 0 Å². The highest BCUT2D eigenvalue weighted by Crippen LogP contribution is 2.36. The highest BCUT2D eigenvalue weighted by Gasteiger charge is 2.36. The molecule has 1 saturated heterocycles. The second-order valence-electron chi connectivity index (χ2n) is 7.96. The predicted octanol–water partition coefficient (Wildman–Crippen LogP) is 5.38. The number of hydrogen-bond donors (Lipinski definition) is 1. The van der Waals surface area contributed by atoms with Crippen molar-refractivity contribution in [1.82, 2.24) is 14.5 Å². The summed E-state index contributed by atoms with van der Waals surface area (Å²) in [6.45, 7) is 0.950. The molecule has 32 heavy (non-hydrogen) atoms. The lowest BCUT2D eigenvalue weighted by atomic mass is 9.84. The molecule has 1 amide bonds. The standard InChI is InChI=1S/C25H22ClN3O2S/c26-20-10-8-19(9-11-20)25(31)12-16-28(17-13-25)23(30)22-21(18-6-2-1-3-7-18)27-24(32-22)29-14-4-5-15-29/h1-11,14-15,31H,12-13,16-17H2. The topological polar surface area (TPSA) is 58.4 Å². The van der Waals surface area contributed by atoms with Gasteiger partial charge < -0.3 is 14.6 Å². The molecule has 162 valence electrons. The second-order valence-corrected chi connectivity index (χ2v) is 9.38. The van der Waals surface area contributed by atoms with Crippen molar-refractivity contribution < 1.29 is 9.90 Å². The van der Waals surface area contributed by atoms with Crippen molar-refractivity contribution in [2.24, 2.45) is 0 Å². The van der Waals surface area contributed by atoms with Gasteiger partial charge in [0.15, 0.2) is 5.13 Å². The third kappa shape index (κ3) is 3.97. The van der Waals surface area contributed by atoms with Crippen LogP contribution in [0.15, 0.2) is 79.1 Å². The SMILES string of the molecule is O=C(c1sc(-n2cccc2)nc1-c1ccccc1)N1CCC(O)(c2ccc(Cl)cc2)CC1. The predicted molar refractivity (Wildman–Crippen MR) is 127 cm³/mol. The number of thiazole rings is 1. The molecule has 1 N–H and O–H groups in total. The molecule has 7 heteroatoms. The maximum absolute atomic E-state index is 13.6. The maximum Gasteiger partial charge on any atom is 0.266 e. The highest BCUT2D eigenvalue weighted by molar-refractivity contribution is 7.16. The van der Waals surface area contributed by atoms with Gasteiger partial charge in [0.05, 0.1) is 11.3 Å². The monoisotopic (exact) mass is 463 g/mol. The van der Waals surface area contributed by atoms with E-state index < -0.39 is 5.60 Å². The van der Waals surface area contributed by atoms with E-state index in [4.69, 9.17) is 16.6 Å². The Kier molecular flexibility index (Phi) is 5.59. The summed E-state index contributed by atoms with van der Waals surface area (Å²) in [5.74, 6) is -0.0436. The van der Waals surface area contributed by atoms with Gasteiger partial charge in [0.1, 0.15) is 4.88 Å². The number of piperidine rings is 1. The average Bonchev–Trinajstić information content (AvgIpc) is 3.50. The van der Waals surface area contributed by atoms with Gasteiger partial charge in [-0.05, 0) is 42.7 Å². The first kappa shape index (κ1) is 20.9. The van der Waals surface area contributed by atoms with Crippen molar-refractivity contribution in [1.29, 1.82) is 0 Å². The minimum Gasteiger partial charge on any atom is -0.385 e. The lowest BCUT2D eigenvalue weighted by Crippen LogP contribution is -2.45. The number of halogens is 1. The Bertz CT molecular complexity index is 1210. The molecular formula is C25H22ClN3O2S. The summed E-state index contributed by atoms with van der Waals surface area (Å²) in [4.78, 5) is 20.8. The minimum absolute atomic E-state index is 0.0436. The zero-order valence-corrected chi connectivity index (χ0v) is 18.9. The number of aromatic nitrogens is 2. The molecule has 2 aromatic heterocycles. The number of carbonyl (C=O) groups is 1. The largest absolute Gasteiger partial charge is 0.385 e. The van der Waals surface area contributed by atoms with Gasteiger partial charge in [0.25, 0.3) is 5.91 Å². The highest BCUT2D eigenvalue weighted by atomic mass is 35.5. The number of aliphatic hydroxyl groups is 1. The van der Waals surface area contributed by atoms with E-state index in [1.165, 1.54) is 11.3 Å². The van der Waals surface area contributed by atoms with E-state index in [9.17, 15) is 9.90 Å². The van der Waals surface area contributed by atoms with Gasteiger partial charge in [-0.2, -0.15) is 0 Å². The molecule has 0 saturated carbocycles. The van der Waals surface area contributed by atoms with Crippen molar-refractivity contribution in [2.45, 2.75) is 18.4 Å². The summed E-state index contributed by atoms with van der Waals surface area (Å²) in [5, 5.41) is 12.6. The molecule has 4 aromatic rings. The molecule has 5 rings (SSSR count). The second kappa shape index (κ2) is 8.54. The molecule has 3 heterocycles. The van der Waals surface area contributed by atoms with Gasteiger partial charge in [-0.1, -0.05) is 65.4 Å². The fourth-order valence-corrected chi connectivity index (χ4v) is 5.24. The molecule has 0 bridgehead atoms. The number of likely N-dealkylation sites (tertiary alicyclic amines) is 1. The first-order chi connectivity index (χ1) is 15.5. The summed E-state index contributed by atoms with van der Waals surface area (Å²) in [5.41, 5.74) is 1.50. The molecule has 1 aliphatic rings. The average molecular weight is 464 g/mol. The minimum atomic E-state index is -0.951. The third-order valence-corrected chi connectivity index (χ3v) is 7.25. The van der Waals surface area contributed by atoms with Crippen LogP contribution in [0.1, 0.15) is 28.1 Å². The Balaban J connectivity index is 1.41. The van der Waals surface area contributed by atoms with Crippen LogP contribution in [0.25, 0.3) is 16.4 Å². The van der Waals surface area contributed by atoms with Crippen LogP contribution >= 0.6 is 22.9 Å². The Hall–Kier alpha value is -2.93. The molecule has 1 fully saturated rings. The van der Waals surface area contributed by atoms with E-state index in [1.54, 1.807) is 12.1 Å². The van der Waals surface area contributed by atoms with Crippen LogP contribution in [0.5, 0.6) is 0 Å². The molecule has 0 aliphatic carbocycles. The van der Waals surface area contributed by atoms with Crippen molar-refractivity contribution in [3.63, 3.8) is 0 Å². The Morgan fingerprint density at radius 1 is 0.969 bits per heavy atom. The van der Waals surface area contributed by atoms with Gasteiger partial charge in [-0.3, -0.25) is 4.79 Å². The van der Waals surface area contributed by atoms with Crippen LogP contribution in [0.4, 0.5) is 0 Å². The normalized spacial score (nSPS) is 15.6. The van der Waals surface area contributed by atoms with Gasteiger partial charge in [0.2, 0.25) is 0 Å². The molecule has 0 spiro atoms. The molecule has 5 nitrogen and oxygen atoms in total. The van der Waals surface area contributed by atoms with Crippen molar-refractivity contribution >= 4 is 28.8 Å². The van der Waals surface area contributed by atoms with E-state index in [1.807, 2.05) is 76.5 Å². The van der Waals surface area contributed by atoms with Crippen LogP contribution in [-0.2, 0) is 5.60 Å². The van der Waals surface area contributed by atoms with E-state index in [2.05, 4.69) is 0 Å². The molecule has 0 atom stereocenters. The first-order valence-electron chi connectivity index (χ1n) is 10.5. The summed E-state index contributed by atoms with van der Waals surface area (Å²) in [6, 6.07) is 21.0.